The number of halogens is 2. The fourth-order valence-electron chi connectivity index (χ4n) is 1.69. The van der Waals surface area contributed by atoms with Gasteiger partial charge in [0.15, 0.2) is 5.82 Å². The summed E-state index contributed by atoms with van der Waals surface area (Å²) in [6.45, 7) is 0. The Morgan fingerprint density at radius 1 is 1.40 bits per heavy atom. The second-order valence-electron chi connectivity index (χ2n) is 4.35. The molecule has 0 saturated carbocycles. The van der Waals surface area contributed by atoms with E-state index in [0.29, 0.717) is 17.3 Å². The van der Waals surface area contributed by atoms with Gasteiger partial charge in [0.25, 0.3) is 0 Å². The van der Waals surface area contributed by atoms with E-state index >= 15 is 0 Å². The minimum atomic E-state index is -0.622. The van der Waals surface area contributed by atoms with Crippen LogP contribution in [0.25, 0.3) is 0 Å². The molecule has 0 amide bonds. The molecule has 1 heterocycles. The zero-order valence-electron chi connectivity index (χ0n) is 11.0. The quantitative estimate of drug-likeness (QED) is 0.888. The fraction of sp³-hybridized carbons (Fsp3) is 0.385. The van der Waals surface area contributed by atoms with Gasteiger partial charge in [0, 0.05) is 12.5 Å². The van der Waals surface area contributed by atoms with Gasteiger partial charge in [-0.1, -0.05) is 11.2 Å². The molecular weight excluding hydrogens is 284 g/mol. The molecule has 1 aromatic carbocycles. The number of hydrogen-bond donors (Lipinski definition) is 1. The zero-order valence-corrected chi connectivity index (χ0v) is 11.8. The number of nitrogens with zero attached hydrogens (tertiary/aromatic N) is 2. The van der Waals surface area contributed by atoms with Crippen LogP contribution in [-0.2, 0) is 6.42 Å². The monoisotopic (exact) mass is 299 g/mol. The first-order valence-electron chi connectivity index (χ1n) is 6.11. The molecular formula is C13H15F2N3OS. The number of nitrogens with two attached hydrogens (primary N) is 1. The molecule has 0 spiro atoms. The van der Waals surface area contributed by atoms with Gasteiger partial charge in [0.2, 0.25) is 5.89 Å². The van der Waals surface area contributed by atoms with Crippen molar-refractivity contribution in [3.05, 3.63) is 47.1 Å². The van der Waals surface area contributed by atoms with E-state index < -0.39 is 11.6 Å². The van der Waals surface area contributed by atoms with E-state index in [9.17, 15) is 8.78 Å². The second-order valence-corrected chi connectivity index (χ2v) is 5.33. The minimum absolute atomic E-state index is 0.144. The van der Waals surface area contributed by atoms with Crippen LogP contribution in [-0.4, -0.2) is 22.1 Å². The molecule has 0 bridgehead atoms. The first-order chi connectivity index (χ1) is 9.60. The maximum Gasteiger partial charge on any atom is 0.243 e. The van der Waals surface area contributed by atoms with Crippen LogP contribution in [0.3, 0.4) is 0 Å². The van der Waals surface area contributed by atoms with E-state index in [0.717, 1.165) is 18.2 Å². The highest BCUT2D eigenvalue weighted by atomic mass is 32.2. The molecule has 4 nitrogen and oxygen atoms in total. The predicted octanol–water partition coefficient (Wildman–Crippen LogP) is 2.69. The number of rotatable bonds is 6. The molecule has 0 aliphatic rings. The highest BCUT2D eigenvalue weighted by Crippen LogP contribution is 2.17. The van der Waals surface area contributed by atoms with Crippen LogP contribution in [0.15, 0.2) is 22.7 Å². The van der Waals surface area contributed by atoms with Crippen molar-refractivity contribution in [3.63, 3.8) is 0 Å². The number of benzene rings is 1. The molecule has 108 valence electrons. The summed E-state index contributed by atoms with van der Waals surface area (Å²) in [5, 5.41) is 3.77. The van der Waals surface area contributed by atoms with E-state index in [4.69, 9.17) is 10.3 Å². The van der Waals surface area contributed by atoms with E-state index in [1.54, 1.807) is 11.8 Å². The Kier molecular flexibility index (Phi) is 5.08. The molecule has 2 N–H and O–H groups in total. The average molecular weight is 299 g/mol. The topological polar surface area (TPSA) is 64.9 Å². The normalized spacial score (nSPS) is 12.6. The second kappa shape index (κ2) is 6.81. The Bertz CT molecular complexity index is 576. The van der Waals surface area contributed by atoms with Gasteiger partial charge in [0.1, 0.15) is 11.6 Å². The van der Waals surface area contributed by atoms with Crippen LogP contribution in [0, 0.1) is 11.6 Å². The molecule has 2 rings (SSSR count). The van der Waals surface area contributed by atoms with Crippen molar-refractivity contribution in [3.8, 4) is 0 Å². The van der Waals surface area contributed by atoms with Gasteiger partial charge in [-0.25, -0.2) is 8.78 Å². The lowest BCUT2D eigenvalue weighted by Crippen LogP contribution is -2.11. The molecule has 0 radical (unpaired) electrons. The summed E-state index contributed by atoms with van der Waals surface area (Å²) in [6, 6.07) is 3.08. The van der Waals surface area contributed by atoms with Crippen molar-refractivity contribution in [2.75, 3.05) is 12.0 Å². The summed E-state index contributed by atoms with van der Waals surface area (Å²) >= 11 is 1.68. The molecule has 0 unspecified atom stereocenters. The highest BCUT2D eigenvalue weighted by molar-refractivity contribution is 7.98. The van der Waals surface area contributed by atoms with Crippen molar-refractivity contribution in [2.45, 2.75) is 18.9 Å². The maximum absolute atomic E-state index is 13.5. The van der Waals surface area contributed by atoms with Crippen molar-refractivity contribution in [1.82, 2.24) is 10.1 Å². The third kappa shape index (κ3) is 3.77. The molecule has 2 aromatic rings. The van der Waals surface area contributed by atoms with Gasteiger partial charge in [-0.05, 0) is 30.1 Å². The van der Waals surface area contributed by atoms with Crippen molar-refractivity contribution < 1.29 is 13.3 Å². The summed E-state index contributed by atoms with van der Waals surface area (Å²) in [6.07, 6.45) is 2.86. The van der Waals surface area contributed by atoms with Crippen LogP contribution in [0.1, 0.15) is 29.7 Å². The highest BCUT2D eigenvalue weighted by Gasteiger charge is 2.15. The van der Waals surface area contributed by atoms with E-state index in [1.807, 2.05) is 6.26 Å². The first kappa shape index (κ1) is 14.9. The number of aromatic nitrogens is 2. The van der Waals surface area contributed by atoms with Gasteiger partial charge >= 0.3 is 0 Å². The number of thioether (sulfide) groups is 1. The third-order valence-electron chi connectivity index (χ3n) is 2.80. The Balaban J connectivity index is 2.05. The standard InChI is InChI=1S/C13H15F2N3OS/c1-20-5-4-11(16)13-17-12(18-19-13)6-8-2-3-9(14)7-10(8)15/h2-3,7,11H,4-6,16H2,1H3/t11-/m1/s1. The molecule has 0 aliphatic heterocycles. The summed E-state index contributed by atoms with van der Waals surface area (Å²) < 4.78 is 31.4. The van der Waals surface area contributed by atoms with E-state index in [1.165, 1.54) is 12.1 Å². The zero-order chi connectivity index (χ0) is 14.5. The Hall–Kier alpha value is -1.47. The molecule has 1 atom stereocenters. The summed E-state index contributed by atoms with van der Waals surface area (Å²) in [5.74, 6) is 0.342. The van der Waals surface area contributed by atoms with Crippen LogP contribution in [0.4, 0.5) is 8.78 Å². The molecule has 7 heteroatoms. The largest absolute Gasteiger partial charge is 0.338 e. The van der Waals surface area contributed by atoms with Crippen LogP contribution >= 0.6 is 11.8 Å². The summed E-state index contributed by atoms with van der Waals surface area (Å²) in [4.78, 5) is 4.15. The van der Waals surface area contributed by atoms with Crippen molar-refractivity contribution >= 4 is 11.8 Å². The first-order valence-corrected chi connectivity index (χ1v) is 7.50. The maximum atomic E-state index is 13.5. The lowest BCUT2D eigenvalue weighted by Gasteiger charge is -2.03. The summed E-state index contributed by atoms with van der Waals surface area (Å²) in [5.41, 5.74) is 6.22. The smallest absolute Gasteiger partial charge is 0.243 e. The van der Waals surface area contributed by atoms with Gasteiger partial charge in [-0.3, -0.25) is 0 Å². The molecule has 0 aliphatic carbocycles. The Labute approximate surface area is 119 Å². The lowest BCUT2D eigenvalue weighted by atomic mass is 10.1. The molecule has 20 heavy (non-hydrogen) atoms. The Morgan fingerprint density at radius 3 is 2.90 bits per heavy atom. The summed E-state index contributed by atoms with van der Waals surface area (Å²) in [7, 11) is 0. The number of hydrogen-bond acceptors (Lipinski definition) is 5. The van der Waals surface area contributed by atoms with Crippen LogP contribution < -0.4 is 5.73 Å². The average Bonchev–Trinajstić information content (AvgIpc) is 2.88. The van der Waals surface area contributed by atoms with Crippen molar-refractivity contribution in [1.29, 1.82) is 0 Å². The third-order valence-corrected chi connectivity index (χ3v) is 3.44. The minimum Gasteiger partial charge on any atom is -0.338 e. The van der Waals surface area contributed by atoms with Crippen molar-refractivity contribution in [2.24, 2.45) is 5.73 Å². The van der Waals surface area contributed by atoms with Gasteiger partial charge in [-0.2, -0.15) is 16.7 Å². The van der Waals surface area contributed by atoms with Gasteiger partial charge < -0.3 is 10.3 Å². The Morgan fingerprint density at radius 2 is 2.20 bits per heavy atom. The van der Waals surface area contributed by atoms with Gasteiger partial charge in [-0.15, -0.1) is 0 Å². The fourth-order valence-corrected chi connectivity index (χ4v) is 2.18. The predicted molar refractivity (Wildman–Crippen MR) is 73.4 cm³/mol. The van der Waals surface area contributed by atoms with Crippen LogP contribution in [0.2, 0.25) is 0 Å². The molecule has 0 saturated heterocycles. The van der Waals surface area contributed by atoms with Gasteiger partial charge in [0.05, 0.1) is 6.04 Å². The molecule has 1 aromatic heterocycles. The van der Waals surface area contributed by atoms with E-state index in [-0.39, 0.29) is 12.5 Å². The van der Waals surface area contributed by atoms with E-state index in [2.05, 4.69) is 10.1 Å². The lowest BCUT2D eigenvalue weighted by molar-refractivity contribution is 0.349. The SMILES string of the molecule is CSCC[C@@H](N)c1nc(Cc2ccc(F)cc2F)no1. The van der Waals surface area contributed by atoms with Crippen LogP contribution in [0.5, 0.6) is 0 Å². The molecule has 0 fully saturated rings.